The van der Waals surface area contributed by atoms with Crippen LogP contribution in [0.3, 0.4) is 0 Å². The summed E-state index contributed by atoms with van der Waals surface area (Å²) in [6.45, 7) is 0.889. The lowest BCUT2D eigenvalue weighted by Gasteiger charge is -2.05. The lowest BCUT2D eigenvalue weighted by Crippen LogP contribution is -2.23. The molecule has 18 heavy (non-hydrogen) atoms. The maximum Gasteiger partial charge on any atom is 0.251 e. The van der Waals surface area contributed by atoms with Gasteiger partial charge in [-0.15, -0.1) is 0 Å². The molecule has 94 valence electrons. The predicted octanol–water partition coefficient (Wildman–Crippen LogP) is 1.49. The van der Waals surface area contributed by atoms with Crippen molar-refractivity contribution in [1.29, 1.82) is 0 Å². The lowest BCUT2D eigenvalue weighted by molar-refractivity contribution is 0.0949. The van der Waals surface area contributed by atoms with Crippen LogP contribution >= 0.6 is 0 Å². The van der Waals surface area contributed by atoms with Gasteiger partial charge in [0.15, 0.2) is 0 Å². The van der Waals surface area contributed by atoms with E-state index >= 15 is 0 Å². The van der Waals surface area contributed by atoms with Crippen molar-refractivity contribution in [3.05, 3.63) is 53.6 Å². The Labute approximate surface area is 105 Å². The smallest absolute Gasteiger partial charge is 0.251 e. The minimum absolute atomic E-state index is 0.121. The average molecular weight is 245 g/mol. The number of amides is 1. The fourth-order valence-electron chi connectivity index (χ4n) is 1.63. The predicted molar refractivity (Wildman–Crippen MR) is 66.9 cm³/mol. The maximum absolute atomic E-state index is 11.9. The number of methoxy groups -OCH3 is 1. The summed E-state index contributed by atoms with van der Waals surface area (Å²) in [5.74, 6) is 0.612. The zero-order chi connectivity index (χ0) is 12.8. The van der Waals surface area contributed by atoms with Gasteiger partial charge in [-0.1, -0.05) is 12.1 Å². The number of ether oxygens (including phenoxy) is 1. The van der Waals surface area contributed by atoms with Crippen molar-refractivity contribution in [1.82, 2.24) is 15.3 Å². The van der Waals surface area contributed by atoms with Gasteiger partial charge in [0, 0.05) is 25.1 Å². The van der Waals surface area contributed by atoms with E-state index in [-0.39, 0.29) is 5.91 Å². The van der Waals surface area contributed by atoms with E-state index in [0.717, 1.165) is 11.4 Å². The Bertz CT molecular complexity index is 509. The summed E-state index contributed by atoms with van der Waals surface area (Å²) in [6.07, 6.45) is 3.38. The molecule has 0 spiro atoms. The summed E-state index contributed by atoms with van der Waals surface area (Å²) in [4.78, 5) is 18.9. The normalized spacial score (nSPS) is 10.3. The highest BCUT2D eigenvalue weighted by atomic mass is 16.5. The third-order valence-corrected chi connectivity index (χ3v) is 2.47. The molecule has 0 aliphatic heterocycles. The first-order valence-corrected chi connectivity index (χ1v) is 5.64. The SMILES string of the molecule is COCc1cccc(C(=O)NCc2ncc[nH]2)c1. The van der Waals surface area contributed by atoms with Gasteiger partial charge in [0.05, 0.1) is 13.2 Å². The summed E-state index contributed by atoms with van der Waals surface area (Å²) in [5.41, 5.74) is 1.60. The fraction of sp³-hybridized carbons (Fsp3) is 0.231. The molecule has 2 N–H and O–H groups in total. The van der Waals surface area contributed by atoms with Crippen LogP contribution in [0.1, 0.15) is 21.7 Å². The number of nitrogens with one attached hydrogen (secondary N) is 2. The number of carbonyl (C=O) groups is 1. The summed E-state index contributed by atoms with van der Waals surface area (Å²) in [7, 11) is 1.63. The zero-order valence-corrected chi connectivity index (χ0v) is 10.1. The van der Waals surface area contributed by atoms with Crippen molar-refractivity contribution in [2.75, 3.05) is 7.11 Å². The number of rotatable bonds is 5. The van der Waals surface area contributed by atoms with Crippen molar-refractivity contribution in [2.45, 2.75) is 13.2 Å². The van der Waals surface area contributed by atoms with E-state index in [0.29, 0.717) is 18.7 Å². The minimum Gasteiger partial charge on any atom is -0.380 e. The number of carbonyl (C=O) groups excluding carboxylic acids is 1. The zero-order valence-electron chi connectivity index (χ0n) is 10.1. The maximum atomic E-state index is 11.9. The Morgan fingerprint density at radius 3 is 3.11 bits per heavy atom. The summed E-state index contributed by atoms with van der Waals surface area (Å²) < 4.78 is 5.03. The Morgan fingerprint density at radius 2 is 2.39 bits per heavy atom. The molecule has 0 aliphatic rings. The summed E-state index contributed by atoms with van der Waals surface area (Å²) in [6, 6.07) is 7.36. The van der Waals surface area contributed by atoms with Crippen molar-refractivity contribution >= 4 is 5.91 Å². The fourth-order valence-corrected chi connectivity index (χ4v) is 1.63. The molecule has 0 radical (unpaired) electrons. The molecule has 0 saturated heterocycles. The van der Waals surface area contributed by atoms with Gasteiger partial charge in [0.1, 0.15) is 5.82 Å². The minimum atomic E-state index is -0.121. The molecule has 0 unspecified atom stereocenters. The third-order valence-electron chi connectivity index (χ3n) is 2.47. The number of imidazole rings is 1. The van der Waals surface area contributed by atoms with E-state index in [1.807, 2.05) is 18.2 Å². The van der Waals surface area contributed by atoms with Gasteiger partial charge in [0.2, 0.25) is 0 Å². The molecule has 0 atom stereocenters. The highest BCUT2D eigenvalue weighted by Gasteiger charge is 2.06. The van der Waals surface area contributed by atoms with Crippen LogP contribution in [-0.4, -0.2) is 23.0 Å². The highest BCUT2D eigenvalue weighted by Crippen LogP contribution is 2.06. The van der Waals surface area contributed by atoms with Gasteiger partial charge in [-0.3, -0.25) is 4.79 Å². The van der Waals surface area contributed by atoms with Crippen LogP contribution in [0.2, 0.25) is 0 Å². The number of H-pyrrole nitrogens is 1. The Hall–Kier alpha value is -2.14. The Morgan fingerprint density at radius 1 is 1.50 bits per heavy atom. The van der Waals surface area contributed by atoms with Crippen LogP contribution < -0.4 is 5.32 Å². The molecule has 2 rings (SSSR count). The van der Waals surface area contributed by atoms with E-state index < -0.39 is 0 Å². The number of nitrogens with zero attached hydrogens (tertiary/aromatic N) is 1. The van der Waals surface area contributed by atoms with Crippen LogP contribution in [0.25, 0.3) is 0 Å². The van der Waals surface area contributed by atoms with Gasteiger partial charge in [-0.2, -0.15) is 0 Å². The lowest BCUT2D eigenvalue weighted by atomic mass is 10.1. The van der Waals surface area contributed by atoms with Crippen LogP contribution in [0.5, 0.6) is 0 Å². The third kappa shape index (κ3) is 3.18. The molecule has 1 amide bonds. The molecule has 1 heterocycles. The standard InChI is InChI=1S/C13H15N3O2/c1-18-9-10-3-2-4-11(7-10)13(17)16-8-12-14-5-6-15-12/h2-7H,8-9H2,1H3,(H,14,15)(H,16,17). The van der Waals surface area contributed by atoms with Gasteiger partial charge < -0.3 is 15.0 Å². The average Bonchev–Trinajstić information content (AvgIpc) is 2.90. The van der Waals surface area contributed by atoms with Crippen molar-refractivity contribution < 1.29 is 9.53 Å². The monoisotopic (exact) mass is 245 g/mol. The highest BCUT2D eigenvalue weighted by molar-refractivity contribution is 5.94. The number of aromatic amines is 1. The molecule has 5 nitrogen and oxygen atoms in total. The molecule has 0 aliphatic carbocycles. The van der Waals surface area contributed by atoms with Crippen LogP contribution in [-0.2, 0) is 17.9 Å². The first-order valence-electron chi connectivity index (χ1n) is 5.64. The number of benzene rings is 1. The largest absolute Gasteiger partial charge is 0.380 e. The molecule has 0 bridgehead atoms. The first-order chi connectivity index (χ1) is 8.79. The molecule has 1 aromatic carbocycles. The second-order valence-corrected chi connectivity index (χ2v) is 3.85. The van der Waals surface area contributed by atoms with Crippen molar-refractivity contribution in [2.24, 2.45) is 0 Å². The Balaban J connectivity index is 1.97. The number of hydrogen-bond acceptors (Lipinski definition) is 3. The number of hydrogen-bond donors (Lipinski definition) is 2. The summed E-state index contributed by atoms with van der Waals surface area (Å²) in [5, 5.41) is 2.80. The van der Waals surface area contributed by atoms with Gasteiger partial charge in [-0.25, -0.2) is 4.98 Å². The van der Waals surface area contributed by atoms with E-state index in [1.54, 1.807) is 25.6 Å². The topological polar surface area (TPSA) is 67.0 Å². The second-order valence-electron chi connectivity index (χ2n) is 3.85. The van der Waals surface area contributed by atoms with Crippen LogP contribution in [0, 0.1) is 0 Å². The molecule has 0 fully saturated rings. The molecule has 2 aromatic rings. The second kappa shape index (κ2) is 5.97. The van der Waals surface area contributed by atoms with Crippen molar-refractivity contribution in [3.63, 3.8) is 0 Å². The molecule has 5 heteroatoms. The quantitative estimate of drug-likeness (QED) is 0.838. The van der Waals surface area contributed by atoms with Crippen LogP contribution in [0.15, 0.2) is 36.7 Å². The van der Waals surface area contributed by atoms with E-state index in [2.05, 4.69) is 15.3 Å². The van der Waals surface area contributed by atoms with Crippen LogP contribution in [0.4, 0.5) is 0 Å². The van der Waals surface area contributed by atoms with E-state index in [4.69, 9.17) is 4.74 Å². The van der Waals surface area contributed by atoms with E-state index in [1.165, 1.54) is 0 Å². The molecular formula is C13H15N3O2. The molecular weight excluding hydrogens is 230 g/mol. The van der Waals surface area contributed by atoms with Gasteiger partial charge in [-0.05, 0) is 17.7 Å². The van der Waals surface area contributed by atoms with Gasteiger partial charge in [0.25, 0.3) is 5.91 Å². The van der Waals surface area contributed by atoms with Gasteiger partial charge >= 0.3 is 0 Å². The summed E-state index contributed by atoms with van der Waals surface area (Å²) >= 11 is 0. The number of aromatic nitrogens is 2. The van der Waals surface area contributed by atoms with Crippen molar-refractivity contribution in [3.8, 4) is 0 Å². The first kappa shape index (κ1) is 12.3. The van der Waals surface area contributed by atoms with E-state index in [9.17, 15) is 4.79 Å². The Kier molecular flexibility index (Phi) is 4.09. The molecule has 0 saturated carbocycles. The molecule has 1 aromatic heterocycles.